The highest BCUT2D eigenvalue weighted by atomic mass is 32.2. The highest BCUT2D eigenvalue weighted by molar-refractivity contribution is 7.89. The maximum Gasteiger partial charge on any atom is 0.238 e. The second-order valence-electron chi connectivity index (χ2n) is 3.11. The molecular weight excluding hydrogens is 202 g/mol. The molecule has 0 aromatic heterocycles. The van der Waals surface area contributed by atoms with Crippen molar-refractivity contribution < 1.29 is 13.5 Å². The minimum atomic E-state index is -3.62. The second-order valence-corrected chi connectivity index (χ2v) is 4.67. The number of nitrogens with two attached hydrogens (primary N) is 1. The van der Waals surface area contributed by atoms with Crippen molar-refractivity contribution in [2.24, 2.45) is 5.14 Å². The molecule has 78 valence electrons. The van der Waals surface area contributed by atoms with Gasteiger partial charge >= 0.3 is 0 Å². The minimum absolute atomic E-state index is 0.0512. The van der Waals surface area contributed by atoms with Crippen molar-refractivity contribution in [1.82, 2.24) is 0 Å². The minimum Gasteiger partial charge on any atom is -0.396 e. The molecule has 0 spiro atoms. The Morgan fingerprint density at radius 1 is 1.43 bits per heavy atom. The van der Waals surface area contributed by atoms with Crippen LogP contribution in [-0.4, -0.2) is 20.1 Å². The molecule has 0 aliphatic rings. The van der Waals surface area contributed by atoms with Gasteiger partial charge in [0.05, 0.1) is 4.90 Å². The molecular formula is C9H13NO3S. The smallest absolute Gasteiger partial charge is 0.238 e. The molecule has 0 radical (unpaired) electrons. The molecule has 1 aromatic carbocycles. The lowest BCUT2D eigenvalue weighted by Crippen LogP contribution is -2.12. The van der Waals surface area contributed by atoms with Crippen molar-refractivity contribution in [3.8, 4) is 0 Å². The fourth-order valence-electron chi connectivity index (χ4n) is 1.25. The first-order valence-corrected chi connectivity index (χ1v) is 5.73. The number of benzene rings is 1. The van der Waals surface area contributed by atoms with Crippen LogP contribution < -0.4 is 5.14 Å². The molecule has 14 heavy (non-hydrogen) atoms. The first-order valence-electron chi connectivity index (χ1n) is 4.18. The SMILES string of the molecule is Cc1cc(S(N)(=O)=O)ccc1CCO. The molecule has 0 saturated carbocycles. The van der Waals surface area contributed by atoms with E-state index in [0.29, 0.717) is 6.42 Å². The molecule has 0 aliphatic carbocycles. The summed E-state index contributed by atoms with van der Waals surface area (Å²) in [5, 5.41) is 13.7. The van der Waals surface area contributed by atoms with Crippen LogP contribution in [0.25, 0.3) is 0 Å². The van der Waals surface area contributed by atoms with Crippen LogP contribution in [0.5, 0.6) is 0 Å². The lowest BCUT2D eigenvalue weighted by Gasteiger charge is -2.05. The Balaban J connectivity index is 3.13. The number of hydrogen-bond acceptors (Lipinski definition) is 3. The number of primary sulfonamides is 1. The van der Waals surface area contributed by atoms with Crippen LogP contribution in [0, 0.1) is 6.92 Å². The molecule has 0 unspecified atom stereocenters. The Morgan fingerprint density at radius 3 is 2.50 bits per heavy atom. The van der Waals surface area contributed by atoms with Crippen LogP contribution in [-0.2, 0) is 16.4 Å². The Morgan fingerprint density at radius 2 is 2.07 bits per heavy atom. The Hall–Kier alpha value is -0.910. The largest absolute Gasteiger partial charge is 0.396 e. The summed E-state index contributed by atoms with van der Waals surface area (Å²) in [7, 11) is -3.62. The van der Waals surface area contributed by atoms with Gasteiger partial charge in [-0.25, -0.2) is 13.6 Å². The van der Waals surface area contributed by atoms with Crippen LogP contribution in [0.15, 0.2) is 23.1 Å². The van der Waals surface area contributed by atoms with E-state index in [1.165, 1.54) is 12.1 Å². The van der Waals surface area contributed by atoms with Crippen LogP contribution in [0.2, 0.25) is 0 Å². The van der Waals surface area contributed by atoms with Gasteiger partial charge in [0.15, 0.2) is 0 Å². The van der Waals surface area contributed by atoms with E-state index in [1.54, 1.807) is 13.0 Å². The third kappa shape index (κ3) is 2.54. The number of aliphatic hydroxyl groups is 1. The molecule has 0 atom stereocenters. The zero-order valence-corrected chi connectivity index (χ0v) is 8.71. The van der Waals surface area contributed by atoms with Gasteiger partial charge < -0.3 is 5.11 Å². The average Bonchev–Trinajstić information content (AvgIpc) is 2.07. The van der Waals surface area contributed by atoms with Crippen molar-refractivity contribution in [1.29, 1.82) is 0 Å². The van der Waals surface area contributed by atoms with E-state index in [0.717, 1.165) is 11.1 Å². The molecule has 4 nitrogen and oxygen atoms in total. The maximum atomic E-state index is 11.0. The van der Waals surface area contributed by atoms with Crippen molar-refractivity contribution in [2.75, 3.05) is 6.61 Å². The summed E-state index contributed by atoms with van der Waals surface area (Å²) in [6.45, 7) is 1.84. The zero-order chi connectivity index (χ0) is 10.8. The lowest BCUT2D eigenvalue weighted by atomic mass is 10.1. The summed E-state index contributed by atoms with van der Waals surface area (Å²) in [6.07, 6.45) is 0.525. The van der Waals surface area contributed by atoms with Crippen molar-refractivity contribution >= 4 is 10.0 Å². The predicted molar refractivity (Wildman–Crippen MR) is 53.3 cm³/mol. The van der Waals surface area contributed by atoms with E-state index in [4.69, 9.17) is 10.2 Å². The summed E-state index contributed by atoms with van der Waals surface area (Å²) < 4.78 is 22.0. The molecule has 1 rings (SSSR count). The molecule has 3 N–H and O–H groups in total. The molecule has 0 bridgehead atoms. The topological polar surface area (TPSA) is 80.4 Å². The van der Waals surface area contributed by atoms with Crippen molar-refractivity contribution in [3.63, 3.8) is 0 Å². The summed E-state index contributed by atoms with van der Waals surface area (Å²) >= 11 is 0. The lowest BCUT2D eigenvalue weighted by molar-refractivity contribution is 0.299. The van der Waals surface area contributed by atoms with Gasteiger partial charge in [-0.1, -0.05) is 6.07 Å². The fourth-order valence-corrected chi connectivity index (χ4v) is 1.85. The number of hydrogen-bond donors (Lipinski definition) is 2. The Labute approximate surface area is 83.4 Å². The van der Waals surface area contributed by atoms with Crippen molar-refractivity contribution in [2.45, 2.75) is 18.2 Å². The first-order chi connectivity index (χ1) is 6.45. The van der Waals surface area contributed by atoms with Gasteiger partial charge in [-0.15, -0.1) is 0 Å². The predicted octanol–water partition coefficient (Wildman–Crippen LogP) is 0.177. The van der Waals surface area contributed by atoms with E-state index in [1.807, 2.05) is 0 Å². The third-order valence-electron chi connectivity index (χ3n) is 2.02. The Kier molecular flexibility index (Phi) is 3.25. The summed E-state index contributed by atoms with van der Waals surface area (Å²) in [5.74, 6) is 0. The number of sulfonamides is 1. The number of rotatable bonds is 3. The summed E-state index contributed by atoms with van der Waals surface area (Å²) in [5.41, 5.74) is 1.76. The maximum absolute atomic E-state index is 11.0. The average molecular weight is 215 g/mol. The van der Waals surface area contributed by atoms with Gasteiger partial charge in [0, 0.05) is 6.61 Å². The van der Waals surface area contributed by atoms with Crippen LogP contribution in [0.1, 0.15) is 11.1 Å². The molecule has 0 heterocycles. The number of aryl methyl sites for hydroxylation is 1. The first kappa shape index (κ1) is 11.2. The highest BCUT2D eigenvalue weighted by Gasteiger charge is 2.08. The third-order valence-corrected chi connectivity index (χ3v) is 2.93. The van der Waals surface area contributed by atoms with Crippen LogP contribution in [0.3, 0.4) is 0 Å². The number of aliphatic hydroxyl groups excluding tert-OH is 1. The zero-order valence-electron chi connectivity index (χ0n) is 7.90. The normalized spacial score (nSPS) is 11.6. The highest BCUT2D eigenvalue weighted by Crippen LogP contribution is 2.14. The molecule has 0 aliphatic heterocycles. The van der Waals surface area contributed by atoms with Gasteiger partial charge in [0.1, 0.15) is 0 Å². The summed E-state index contributed by atoms with van der Waals surface area (Å²) in [4.78, 5) is 0.108. The molecule has 5 heteroatoms. The van der Waals surface area contributed by atoms with Gasteiger partial charge in [-0.05, 0) is 36.6 Å². The van der Waals surface area contributed by atoms with E-state index in [9.17, 15) is 8.42 Å². The summed E-state index contributed by atoms with van der Waals surface area (Å²) in [6, 6.07) is 4.64. The molecule has 0 saturated heterocycles. The van der Waals surface area contributed by atoms with Gasteiger partial charge in [0.2, 0.25) is 10.0 Å². The van der Waals surface area contributed by atoms with E-state index in [-0.39, 0.29) is 11.5 Å². The monoisotopic (exact) mass is 215 g/mol. The van der Waals surface area contributed by atoms with E-state index < -0.39 is 10.0 Å². The van der Waals surface area contributed by atoms with Crippen LogP contribution >= 0.6 is 0 Å². The van der Waals surface area contributed by atoms with Crippen LogP contribution in [0.4, 0.5) is 0 Å². The second kappa shape index (κ2) is 4.08. The molecule has 1 aromatic rings. The van der Waals surface area contributed by atoms with Gasteiger partial charge in [-0.3, -0.25) is 0 Å². The van der Waals surface area contributed by atoms with Crippen molar-refractivity contribution in [3.05, 3.63) is 29.3 Å². The standard InChI is InChI=1S/C9H13NO3S/c1-7-6-9(14(10,12)13)3-2-8(7)4-5-11/h2-3,6,11H,4-5H2,1H3,(H2,10,12,13). The van der Waals surface area contributed by atoms with Gasteiger partial charge in [-0.2, -0.15) is 0 Å². The van der Waals surface area contributed by atoms with E-state index in [2.05, 4.69) is 0 Å². The fraction of sp³-hybridized carbons (Fsp3) is 0.333. The quantitative estimate of drug-likeness (QED) is 0.754. The molecule has 0 fully saturated rings. The molecule has 0 amide bonds. The van der Waals surface area contributed by atoms with Gasteiger partial charge in [0.25, 0.3) is 0 Å². The van der Waals surface area contributed by atoms with E-state index >= 15 is 0 Å². The Bertz CT molecular complexity index is 426.